The number of nitrogens with two attached hydrogens (primary N) is 1. The number of imidazole rings is 1. The lowest BCUT2D eigenvalue weighted by molar-refractivity contribution is -0.142. The Labute approximate surface area is 276 Å². The van der Waals surface area contributed by atoms with E-state index in [0.29, 0.717) is 16.8 Å². The van der Waals surface area contributed by atoms with Gasteiger partial charge in [-0.25, -0.2) is 9.78 Å². The topological polar surface area (TPSA) is 215 Å². The molecule has 4 atom stereocenters. The number of carbonyl (C=O) groups is 4. The number of aromatic amines is 2. The molecular formula is C35H37N7O6. The summed E-state index contributed by atoms with van der Waals surface area (Å²) < 4.78 is 0. The fourth-order valence-electron chi connectivity index (χ4n) is 5.41. The Hall–Kier alpha value is -5.95. The Balaban J connectivity index is 1.40. The smallest absolute Gasteiger partial charge is 0.326 e. The van der Waals surface area contributed by atoms with Gasteiger partial charge in [-0.3, -0.25) is 14.4 Å². The van der Waals surface area contributed by atoms with Crippen LogP contribution < -0.4 is 21.7 Å². The highest BCUT2D eigenvalue weighted by Crippen LogP contribution is 2.20. The van der Waals surface area contributed by atoms with Crippen LogP contribution >= 0.6 is 0 Å². The maximum atomic E-state index is 14.0. The summed E-state index contributed by atoms with van der Waals surface area (Å²) >= 11 is 0. The summed E-state index contributed by atoms with van der Waals surface area (Å²) in [6.45, 7) is 0. The first-order valence-corrected chi connectivity index (χ1v) is 15.4. The Kier molecular flexibility index (Phi) is 10.8. The number of nitrogens with zero attached hydrogens (tertiary/aromatic N) is 1. The Morgan fingerprint density at radius 2 is 1.31 bits per heavy atom. The summed E-state index contributed by atoms with van der Waals surface area (Å²) in [4.78, 5) is 63.2. The van der Waals surface area contributed by atoms with Crippen molar-refractivity contribution in [1.82, 2.24) is 30.9 Å². The number of phenols is 1. The highest BCUT2D eigenvalue weighted by Gasteiger charge is 2.31. The summed E-state index contributed by atoms with van der Waals surface area (Å²) in [5.41, 5.74) is 9.69. The number of fused-ring (bicyclic) bond motifs is 1. The van der Waals surface area contributed by atoms with Gasteiger partial charge in [0.15, 0.2) is 0 Å². The molecule has 0 aliphatic heterocycles. The van der Waals surface area contributed by atoms with Crippen LogP contribution in [0.25, 0.3) is 10.9 Å². The molecule has 2 heterocycles. The molecule has 48 heavy (non-hydrogen) atoms. The lowest BCUT2D eigenvalue weighted by Crippen LogP contribution is -2.58. The molecule has 0 fully saturated rings. The van der Waals surface area contributed by atoms with Crippen molar-refractivity contribution in [2.45, 2.75) is 49.9 Å². The molecule has 5 aromatic rings. The zero-order valence-electron chi connectivity index (χ0n) is 25.9. The van der Waals surface area contributed by atoms with Crippen molar-refractivity contribution in [3.05, 3.63) is 120 Å². The van der Waals surface area contributed by atoms with E-state index in [4.69, 9.17) is 5.73 Å². The van der Waals surface area contributed by atoms with E-state index in [0.717, 1.165) is 16.5 Å². The van der Waals surface area contributed by atoms with Gasteiger partial charge >= 0.3 is 5.97 Å². The first-order valence-electron chi connectivity index (χ1n) is 15.4. The first kappa shape index (κ1) is 33.4. The molecule has 13 heteroatoms. The third-order valence-electron chi connectivity index (χ3n) is 7.97. The molecule has 4 unspecified atom stereocenters. The van der Waals surface area contributed by atoms with Crippen LogP contribution in [-0.2, 0) is 44.9 Å². The van der Waals surface area contributed by atoms with Gasteiger partial charge in [0.05, 0.1) is 12.4 Å². The summed E-state index contributed by atoms with van der Waals surface area (Å²) in [6.07, 6.45) is 4.96. The number of carboxylic acid groups (broad SMARTS) is 1. The Bertz CT molecular complexity index is 1840. The molecule has 0 bridgehead atoms. The maximum Gasteiger partial charge on any atom is 0.326 e. The highest BCUT2D eigenvalue weighted by molar-refractivity contribution is 5.95. The number of carboxylic acids is 1. The summed E-state index contributed by atoms with van der Waals surface area (Å²) in [6, 6.07) is 17.8. The van der Waals surface area contributed by atoms with Gasteiger partial charge in [0.25, 0.3) is 0 Å². The predicted molar refractivity (Wildman–Crippen MR) is 178 cm³/mol. The van der Waals surface area contributed by atoms with Crippen LogP contribution in [-0.4, -0.2) is 73.0 Å². The van der Waals surface area contributed by atoms with E-state index < -0.39 is 47.9 Å². The molecule has 0 saturated carbocycles. The summed E-state index contributed by atoms with van der Waals surface area (Å²) in [5, 5.41) is 28.6. The van der Waals surface area contributed by atoms with Gasteiger partial charge in [0, 0.05) is 54.7 Å². The second-order valence-corrected chi connectivity index (χ2v) is 11.5. The number of H-pyrrole nitrogens is 2. The number of carbonyl (C=O) groups excluding carboxylic acids is 3. The highest BCUT2D eigenvalue weighted by atomic mass is 16.4. The number of para-hydroxylation sites is 1. The van der Waals surface area contributed by atoms with Gasteiger partial charge in [0.2, 0.25) is 17.7 Å². The summed E-state index contributed by atoms with van der Waals surface area (Å²) in [7, 11) is 0. The summed E-state index contributed by atoms with van der Waals surface area (Å²) in [5.74, 6) is -3.19. The van der Waals surface area contributed by atoms with Gasteiger partial charge in [0.1, 0.15) is 23.9 Å². The van der Waals surface area contributed by atoms with Crippen molar-refractivity contribution >= 4 is 34.6 Å². The molecule has 2 aromatic heterocycles. The average Bonchev–Trinajstić information content (AvgIpc) is 3.75. The molecule has 0 radical (unpaired) electrons. The standard InChI is InChI=1S/C35H37N7O6/c36-27(17-24-19-37-20-39-24)32(44)40-29(14-22-10-12-25(43)13-11-22)33(45)41-30(16-23-18-38-28-9-5-4-8-26(23)28)34(46)42-31(35(47)48)15-21-6-2-1-3-7-21/h1-13,18-20,27,29-31,38,43H,14-17,36H2,(H,37,39)(H,40,44)(H,41,45)(H,42,46)(H,47,48). The fraction of sp³-hybridized carbons (Fsp3) is 0.229. The molecule has 248 valence electrons. The number of hydrogen-bond donors (Lipinski definition) is 8. The normalized spacial score (nSPS) is 13.6. The lowest BCUT2D eigenvalue weighted by Gasteiger charge is -2.25. The van der Waals surface area contributed by atoms with E-state index in [2.05, 4.69) is 30.9 Å². The van der Waals surface area contributed by atoms with Crippen molar-refractivity contribution in [3.63, 3.8) is 0 Å². The minimum absolute atomic E-state index is 0.0157. The predicted octanol–water partition coefficient (Wildman–Crippen LogP) is 1.73. The largest absolute Gasteiger partial charge is 0.508 e. The van der Waals surface area contributed by atoms with Crippen LogP contribution in [0.3, 0.4) is 0 Å². The van der Waals surface area contributed by atoms with Crippen LogP contribution in [0, 0.1) is 0 Å². The number of aromatic nitrogens is 3. The van der Waals surface area contributed by atoms with Gasteiger partial charge in [-0.1, -0.05) is 60.7 Å². The first-order chi connectivity index (χ1) is 23.2. The van der Waals surface area contributed by atoms with E-state index in [1.165, 1.54) is 18.5 Å². The van der Waals surface area contributed by atoms with Crippen LogP contribution in [0.2, 0.25) is 0 Å². The van der Waals surface area contributed by atoms with E-state index in [-0.39, 0.29) is 31.4 Å². The molecule has 0 aliphatic carbocycles. The minimum atomic E-state index is -1.27. The zero-order valence-corrected chi connectivity index (χ0v) is 25.9. The molecule has 3 aromatic carbocycles. The van der Waals surface area contributed by atoms with Crippen molar-refractivity contribution in [3.8, 4) is 5.75 Å². The number of aliphatic carboxylic acids is 1. The number of hydrogen-bond acceptors (Lipinski definition) is 7. The number of rotatable bonds is 15. The lowest BCUT2D eigenvalue weighted by atomic mass is 10.0. The Morgan fingerprint density at radius 1 is 0.708 bits per heavy atom. The molecule has 0 aliphatic rings. The van der Waals surface area contributed by atoms with Crippen LogP contribution in [0.4, 0.5) is 0 Å². The van der Waals surface area contributed by atoms with Gasteiger partial charge in [-0.2, -0.15) is 0 Å². The molecular weight excluding hydrogens is 614 g/mol. The SMILES string of the molecule is NC(Cc1cnc[nH]1)C(=O)NC(Cc1ccc(O)cc1)C(=O)NC(Cc1c[nH]c2ccccc12)C(=O)NC(Cc1ccccc1)C(=O)O. The van der Waals surface area contributed by atoms with Crippen LogP contribution in [0.1, 0.15) is 22.4 Å². The molecule has 3 amide bonds. The molecule has 5 rings (SSSR count). The number of amides is 3. The average molecular weight is 652 g/mol. The van der Waals surface area contributed by atoms with Gasteiger partial charge in [-0.05, 0) is 34.9 Å². The molecule has 9 N–H and O–H groups in total. The number of phenolic OH excluding ortho intramolecular Hbond substituents is 1. The number of benzene rings is 3. The monoisotopic (exact) mass is 651 g/mol. The molecule has 13 nitrogen and oxygen atoms in total. The fourth-order valence-corrected chi connectivity index (χ4v) is 5.41. The minimum Gasteiger partial charge on any atom is -0.508 e. The third-order valence-corrected chi connectivity index (χ3v) is 7.97. The van der Waals surface area contributed by atoms with Crippen LogP contribution in [0.15, 0.2) is 97.6 Å². The Morgan fingerprint density at radius 3 is 2.00 bits per heavy atom. The van der Waals surface area contributed by atoms with E-state index in [9.17, 15) is 29.4 Å². The van der Waals surface area contributed by atoms with Crippen molar-refractivity contribution < 1.29 is 29.4 Å². The van der Waals surface area contributed by atoms with Crippen molar-refractivity contribution in [1.29, 1.82) is 0 Å². The molecule has 0 saturated heterocycles. The van der Waals surface area contributed by atoms with Gasteiger partial charge < -0.3 is 41.9 Å². The van der Waals surface area contributed by atoms with Crippen LogP contribution in [0.5, 0.6) is 5.75 Å². The maximum absolute atomic E-state index is 14.0. The van der Waals surface area contributed by atoms with Crippen molar-refractivity contribution in [2.24, 2.45) is 5.73 Å². The molecule has 0 spiro atoms. The van der Waals surface area contributed by atoms with E-state index in [1.807, 2.05) is 30.3 Å². The quantitative estimate of drug-likeness (QED) is 0.0832. The van der Waals surface area contributed by atoms with Gasteiger partial charge in [-0.15, -0.1) is 0 Å². The second kappa shape index (κ2) is 15.6. The van der Waals surface area contributed by atoms with E-state index in [1.54, 1.807) is 48.8 Å². The number of aromatic hydroxyl groups is 1. The number of nitrogens with one attached hydrogen (secondary N) is 5. The van der Waals surface area contributed by atoms with Crippen molar-refractivity contribution in [2.75, 3.05) is 0 Å². The van der Waals surface area contributed by atoms with E-state index >= 15 is 0 Å². The third kappa shape index (κ3) is 8.85. The zero-order chi connectivity index (χ0) is 34.0. The second-order valence-electron chi connectivity index (χ2n) is 11.5.